The maximum atomic E-state index is 13.1. The third-order valence-electron chi connectivity index (χ3n) is 5.04. The van der Waals surface area contributed by atoms with E-state index in [0.717, 1.165) is 23.2 Å². The highest BCUT2D eigenvalue weighted by Gasteiger charge is 2.23. The molecule has 1 aromatic carbocycles. The minimum Gasteiger partial charge on any atom is -0.385 e. The smallest absolute Gasteiger partial charge is 0.281 e. The van der Waals surface area contributed by atoms with Crippen LogP contribution in [0.25, 0.3) is 16.5 Å². The van der Waals surface area contributed by atoms with E-state index in [4.69, 9.17) is 4.74 Å². The summed E-state index contributed by atoms with van der Waals surface area (Å²) in [6.07, 6.45) is 2.46. The molecule has 0 aliphatic carbocycles. The van der Waals surface area contributed by atoms with Crippen LogP contribution in [0.4, 0.5) is 0 Å². The van der Waals surface area contributed by atoms with Crippen molar-refractivity contribution in [1.29, 1.82) is 0 Å². The lowest BCUT2D eigenvalue weighted by molar-refractivity contribution is -0.123. The predicted octanol–water partition coefficient (Wildman–Crippen LogP) is 2.52. The summed E-state index contributed by atoms with van der Waals surface area (Å²) in [5, 5.41) is 8.64. The lowest BCUT2D eigenvalue weighted by atomic mass is 10.2. The first-order valence-corrected chi connectivity index (χ1v) is 9.38. The van der Waals surface area contributed by atoms with Gasteiger partial charge in [0.05, 0.1) is 17.3 Å². The first kappa shape index (κ1) is 19.8. The molecule has 0 aliphatic rings. The van der Waals surface area contributed by atoms with Gasteiger partial charge in [0.1, 0.15) is 6.04 Å². The van der Waals surface area contributed by atoms with Crippen molar-refractivity contribution in [2.45, 2.75) is 33.2 Å². The van der Waals surface area contributed by atoms with E-state index in [0.29, 0.717) is 24.2 Å². The van der Waals surface area contributed by atoms with Crippen LogP contribution in [0.5, 0.6) is 0 Å². The third kappa shape index (κ3) is 3.57. The Labute approximate surface area is 163 Å². The number of aromatic nitrogens is 3. The van der Waals surface area contributed by atoms with E-state index in [1.54, 1.807) is 13.3 Å². The van der Waals surface area contributed by atoms with E-state index in [2.05, 4.69) is 10.4 Å². The van der Waals surface area contributed by atoms with Crippen LogP contribution in [0.2, 0.25) is 0 Å². The molecule has 0 saturated heterocycles. The molecule has 3 rings (SSSR count). The van der Waals surface area contributed by atoms with Crippen LogP contribution in [0.1, 0.15) is 30.8 Å². The molecule has 0 unspecified atom stereocenters. The van der Waals surface area contributed by atoms with E-state index in [1.807, 2.05) is 55.7 Å². The lowest BCUT2D eigenvalue weighted by Gasteiger charge is -2.18. The van der Waals surface area contributed by atoms with E-state index in [9.17, 15) is 9.59 Å². The molecule has 1 atom stereocenters. The van der Waals surface area contributed by atoms with Gasteiger partial charge in [-0.05, 0) is 39.3 Å². The van der Waals surface area contributed by atoms with Crippen molar-refractivity contribution < 1.29 is 9.53 Å². The summed E-state index contributed by atoms with van der Waals surface area (Å²) in [4.78, 5) is 25.7. The summed E-state index contributed by atoms with van der Waals surface area (Å²) >= 11 is 0. The summed E-state index contributed by atoms with van der Waals surface area (Å²) in [5.41, 5.74) is 2.15. The second kappa shape index (κ2) is 8.39. The number of nitrogens with one attached hydrogen (secondary N) is 1. The maximum absolute atomic E-state index is 13.1. The second-order valence-corrected chi connectivity index (χ2v) is 6.84. The van der Waals surface area contributed by atoms with E-state index >= 15 is 0 Å². The molecule has 148 valence electrons. The van der Waals surface area contributed by atoms with E-state index < -0.39 is 6.04 Å². The number of ether oxygens (including phenoxy) is 1. The molecule has 0 spiro atoms. The number of aryl methyl sites for hydroxylation is 2. The number of amides is 1. The highest BCUT2D eigenvalue weighted by Crippen LogP contribution is 2.26. The zero-order valence-corrected chi connectivity index (χ0v) is 16.7. The molecule has 0 bridgehead atoms. The molecule has 2 aromatic heterocycles. The molecule has 7 nitrogen and oxygen atoms in total. The van der Waals surface area contributed by atoms with Gasteiger partial charge in [-0.25, -0.2) is 0 Å². The number of rotatable bonds is 7. The molecule has 0 saturated carbocycles. The van der Waals surface area contributed by atoms with Crippen molar-refractivity contribution in [3.63, 3.8) is 0 Å². The van der Waals surface area contributed by atoms with Gasteiger partial charge in [0.25, 0.3) is 5.56 Å². The average molecular weight is 382 g/mol. The lowest BCUT2D eigenvalue weighted by Crippen LogP contribution is -2.33. The van der Waals surface area contributed by atoms with Crippen molar-refractivity contribution in [1.82, 2.24) is 19.7 Å². The standard InChI is InChI=1S/C21H26N4O3/c1-14-18-13-23-25(17-9-6-5-7-10-17)21(27)19(18)15(2)24(14)16(3)20(26)22-11-8-12-28-4/h5-7,9-10,13,16H,8,11-12H2,1-4H3,(H,22,26)/t16-/m0/s1. The van der Waals surface area contributed by atoms with Crippen LogP contribution >= 0.6 is 0 Å². The SMILES string of the molecule is COCCCNC(=O)[C@H](C)n1c(C)c2cnn(-c3ccccc3)c(=O)c2c1C. The fraction of sp³-hybridized carbons (Fsp3) is 0.381. The molecule has 0 aliphatic heterocycles. The Balaban J connectivity index is 2.00. The molecule has 0 radical (unpaired) electrons. The molecular weight excluding hydrogens is 356 g/mol. The van der Waals surface area contributed by atoms with Crippen molar-refractivity contribution in [3.8, 4) is 5.69 Å². The summed E-state index contributed by atoms with van der Waals surface area (Å²) in [5.74, 6) is -0.0843. The maximum Gasteiger partial charge on any atom is 0.281 e. The fourth-order valence-corrected chi connectivity index (χ4v) is 3.61. The molecule has 7 heteroatoms. The topological polar surface area (TPSA) is 78.2 Å². The van der Waals surface area contributed by atoms with Crippen LogP contribution in [-0.2, 0) is 9.53 Å². The number of methoxy groups -OCH3 is 1. The third-order valence-corrected chi connectivity index (χ3v) is 5.04. The summed E-state index contributed by atoms with van der Waals surface area (Å²) in [6.45, 7) is 6.79. The number of para-hydroxylation sites is 1. The van der Waals surface area contributed by atoms with Crippen molar-refractivity contribution >= 4 is 16.7 Å². The summed E-state index contributed by atoms with van der Waals surface area (Å²) in [6, 6.07) is 8.89. The molecule has 0 fully saturated rings. The van der Waals surface area contributed by atoms with Gasteiger partial charge in [0, 0.05) is 37.0 Å². The number of carbonyl (C=O) groups excluding carboxylic acids is 1. The Morgan fingerprint density at radius 2 is 1.93 bits per heavy atom. The van der Waals surface area contributed by atoms with Crippen LogP contribution in [0.15, 0.2) is 41.3 Å². The highest BCUT2D eigenvalue weighted by atomic mass is 16.5. The van der Waals surface area contributed by atoms with Crippen LogP contribution in [0, 0.1) is 13.8 Å². The average Bonchev–Trinajstić information content (AvgIpc) is 2.96. The second-order valence-electron chi connectivity index (χ2n) is 6.84. The van der Waals surface area contributed by atoms with Crippen molar-refractivity contribution in [3.05, 3.63) is 58.3 Å². The zero-order chi connectivity index (χ0) is 20.3. The zero-order valence-electron chi connectivity index (χ0n) is 16.7. The van der Waals surface area contributed by atoms with Gasteiger partial charge in [-0.3, -0.25) is 9.59 Å². The van der Waals surface area contributed by atoms with Gasteiger partial charge in [0.15, 0.2) is 0 Å². The van der Waals surface area contributed by atoms with Gasteiger partial charge in [0.2, 0.25) is 5.91 Å². The van der Waals surface area contributed by atoms with Gasteiger partial charge in [-0.2, -0.15) is 9.78 Å². The Morgan fingerprint density at radius 3 is 2.61 bits per heavy atom. The molecule has 28 heavy (non-hydrogen) atoms. The number of benzene rings is 1. The Hall–Kier alpha value is -2.93. The Kier molecular flexibility index (Phi) is 5.94. The quantitative estimate of drug-likeness (QED) is 0.637. The van der Waals surface area contributed by atoms with Gasteiger partial charge < -0.3 is 14.6 Å². The van der Waals surface area contributed by atoms with Crippen LogP contribution in [-0.4, -0.2) is 40.5 Å². The van der Waals surface area contributed by atoms with Crippen molar-refractivity contribution in [2.24, 2.45) is 0 Å². The monoisotopic (exact) mass is 382 g/mol. The van der Waals surface area contributed by atoms with Gasteiger partial charge >= 0.3 is 0 Å². The van der Waals surface area contributed by atoms with Crippen molar-refractivity contribution in [2.75, 3.05) is 20.3 Å². The summed E-state index contributed by atoms with van der Waals surface area (Å²) in [7, 11) is 1.64. The van der Waals surface area contributed by atoms with Crippen LogP contribution < -0.4 is 10.9 Å². The van der Waals surface area contributed by atoms with Gasteiger partial charge in [-0.15, -0.1) is 0 Å². The first-order valence-electron chi connectivity index (χ1n) is 9.38. The minimum absolute atomic E-state index is 0.0843. The highest BCUT2D eigenvalue weighted by molar-refractivity contribution is 5.89. The van der Waals surface area contributed by atoms with E-state index in [1.165, 1.54) is 4.68 Å². The van der Waals surface area contributed by atoms with E-state index in [-0.39, 0.29) is 11.5 Å². The minimum atomic E-state index is -0.431. The molecule has 3 aromatic rings. The first-order chi connectivity index (χ1) is 13.5. The normalized spacial score (nSPS) is 12.3. The molecule has 2 heterocycles. The number of fused-ring (bicyclic) bond motifs is 1. The Bertz CT molecular complexity index is 1040. The molecular formula is C21H26N4O3. The molecule has 1 N–H and O–H groups in total. The van der Waals surface area contributed by atoms with Gasteiger partial charge in [-0.1, -0.05) is 18.2 Å². The predicted molar refractivity (Wildman–Crippen MR) is 109 cm³/mol. The fourth-order valence-electron chi connectivity index (χ4n) is 3.61. The number of carbonyl (C=O) groups is 1. The number of hydrogen-bond acceptors (Lipinski definition) is 4. The van der Waals surface area contributed by atoms with Crippen LogP contribution in [0.3, 0.4) is 0 Å². The largest absolute Gasteiger partial charge is 0.385 e. The Morgan fingerprint density at radius 1 is 1.21 bits per heavy atom. The molecule has 1 amide bonds. The number of hydrogen-bond donors (Lipinski definition) is 1. The summed E-state index contributed by atoms with van der Waals surface area (Å²) < 4.78 is 8.32. The number of nitrogens with zero attached hydrogens (tertiary/aromatic N) is 3.